The first-order valence-corrected chi connectivity index (χ1v) is 5.63. The Hall–Kier alpha value is -0.530. The van der Waals surface area contributed by atoms with Gasteiger partial charge in [0.05, 0.1) is 17.5 Å². The third-order valence-electron chi connectivity index (χ3n) is 1.82. The summed E-state index contributed by atoms with van der Waals surface area (Å²) in [6, 6.07) is 0. The molecule has 0 aromatic carbocycles. The van der Waals surface area contributed by atoms with E-state index >= 15 is 0 Å². The highest BCUT2D eigenvalue weighted by atomic mass is 32.2. The van der Waals surface area contributed by atoms with Crippen LogP contribution in [0.3, 0.4) is 0 Å². The normalized spacial score (nSPS) is 28.7. The van der Waals surface area contributed by atoms with Crippen molar-refractivity contribution in [2.45, 2.75) is 11.8 Å². The Kier molecular flexibility index (Phi) is 2.31. The summed E-state index contributed by atoms with van der Waals surface area (Å²) in [7, 11) is 0. The van der Waals surface area contributed by atoms with Crippen LogP contribution in [0.15, 0.2) is 12.0 Å². The predicted octanol–water partition coefficient (Wildman–Crippen LogP) is -0.0563. The van der Waals surface area contributed by atoms with Crippen LogP contribution < -0.4 is 0 Å². The van der Waals surface area contributed by atoms with Gasteiger partial charge in [0.1, 0.15) is 17.1 Å². The number of carbonyl (C=O) groups excluding carboxylic acids is 1. The Morgan fingerprint density at radius 3 is 3.15 bits per heavy atom. The van der Waals surface area contributed by atoms with Crippen LogP contribution in [-0.2, 0) is 20.3 Å². The molecule has 2 rings (SSSR count). The van der Waals surface area contributed by atoms with E-state index in [4.69, 9.17) is 0 Å². The van der Waals surface area contributed by atoms with Crippen molar-refractivity contribution in [3.05, 3.63) is 12.0 Å². The Morgan fingerprint density at radius 2 is 2.54 bits per heavy atom. The predicted molar refractivity (Wildman–Crippen MR) is 45.8 cm³/mol. The van der Waals surface area contributed by atoms with E-state index in [0.29, 0.717) is 17.9 Å². The molecule has 0 radical (unpaired) electrons. The molecule has 2 atom stereocenters. The molecule has 2 aliphatic heterocycles. The van der Waals surface area contributed by atoms with Gasteiger partial charge in [0, 0.05) is 6.20 Å². The van der Waals surface area contributed by atoms with E-state index in [2.05, 4.69) is 4.18 Å². The van der Waals surface area contributed by atoms with Gasteiger partial charge in [0.2, 0.25) is 5.91 Å². The van der Waals surface area contributed by atoms with Crippen molar-refractivity contribution in [2.24, 2.45) is 0 Å². The van der Waals surface area contributed by atoms with Crippen molar-refractivity contribution in [1.82, 2.24) is 4.90 Å². The summed E-state index contributed by atoms with van der Waals surface area (Å²) in [5, 5.41) is 0.180. The standard InChI is InChI=1S/C6H7NO4S2/c8-5-1-6-7(5)2-4(3-12-6)11-13(9)10/h2,6H,1,3H2,(H,9,10)/p-1. The number of thioether (sulfide) groups is 1. The van der Waals surface area contributed by atoms with Gasteiger partial charge in [-0.2, -0.15) is 0 Å². The number of hydrogen-bond acceptors (Lipinski definition) is 5. The Bertz CT molecular complexity index is 303. The van der Waals surface area contributed by atoms with E-state index in [1.807, 2.05) is 0 Å². The quantitative estimate of drug-likeness (QED) is 0.482. The van der Waals surface area contributed by atoms with Gasteiger partial charge in [-0.25, -0.2) is 4.21 Å². The number of amides is 1. The van der Waals surface area contributed by atoms with Crippen LogP contribution >= 0.6 is 11.8 Å². The lowest BCUT2D eigenvalue weighted by Gasteiger charge is -2.40. The Balaban J connectivity index is 2.05. The van der Waals surface area contributed by atoms with Crippen LogP contribution in [0.4, 0.5) is 0 Å². The van der Waals surface area contributed by atoms with Gasteiger partial charge >= 0.3 is 0 Å². The number of carbonyl (C=O) groups is 1. The molecule has 5 nitrogen and oxygen atoms in total. The summed E-state index contributed by atoms with van der Waals surface area (Å²) in [6.45, 7) is 0. The molecular formula is C6H6NO4S2-. The molecule has 72 valence electrons. The number of β-lactam (4-membered cyclic amide) rings is 1. The fourth-order valence-corrected chi connectivity index (χ4v) is 2.64. The lowest BCUT2D eigenvalue weighted by Crippen LogP contribution is -2.49. The summed E-state index contributed by atoms with van der Waals surface area (Å²) < 4.78 is 24.8. The Labute approximate surface area is 81.6 Å². The minimum absolute atomic E-state index is 0.00924. The molecule has 0 aliphatic carbocycles. The molecule has 1 fully saturated rings. The molecule has 1 amide bonds. The zero-order chi connectivity index (χ0) is 9.42. The second kappa shape index (κ2) is 3.32. The minimum Gasteiger partial charge on any atom is -0.740 e. The molecule has 13 heavy (non-hydrogen) atoms. The topological polar surface area (TPSA) is 69.7 Å². The Morgan fingerprint density at radius 1 is 1.77 bits per heavy atom. The lowest BCUT2D eigenvalue weighted by atomic mass is 10.2. The third kappa shape index (κ3) is 1.72. The monoisotopic (exact) mass is 220 g/mol. The molecular weight excluding hydrogens is 214 g/mol. The van der Waals surface area contributed by atoms with Crippen molar-refractivity contribution in [2.75, 3.05) is 5.75 Å². The van der Waals surface area contributed by atoms with E-state index in [1.54, 1.807) is 0 Å². The van der Waals surface area contributed by atoms with Gasteiger partial charge in [-0.1, -0.05) is 0 Å². The second-order valence-electron chi connectivity index (χ2n) is 2.65. The molecule has 2 aliphatic rings. The van der Waals surface area contributed by atoms with Gasteiger partial charge in [-0.05, 0) is 0 Å². The van der Waals surface area contributed by atoms with Crippen molar-refractivity contribution in [3.8, 4) is 0 Å². The highest BCUT2D eigenvalue weighted by Gasteiger charge is 2.38. The van der Waals surface area contributed by atoms with Crippen molar-refractivity contribution in [3.63, 3.8) is 0 Å². The fraction of sp³-hybridized carbons (Fsp3) is 0.500. The van der Waals surface area contributed by atoms with Crippen LogP contribution in [0.25, 0.3) is 0 Å². The zero-order valence-electron chi connectivity index (χ0n) is 6.47. The maximum Gasteiger partial charge on any atom is 0.230 e. The number of hydrogen-bond donors (Lipinski definition) is 0. The highest BCUT2D eigenvalue weighted by molar-refractivity contribution is 8.00. The van der Waals surface area contributed by atoms with Crippen LogP contribution in [0.2, 0.25) is 0 Å². The van der Waals surface area contributed by atoms with E-state index in [0.717, 1.165) is 0 Å². The zero-order valence-corrected chi connectivity index (χ0v) is 8.10. The van der Waals surface area contributed by atoms with Crippen LogP contribution in [0.1, 0.15) is 6.42 Å². The first-order valence-electron chi connectivity index (χ1n) is 3.58. The molecule has 0 aromatic heterocycles. The molecule has 1 saturated heterocycles. The largest absolute Gasteiger partial charge is 0.740 e. The van der Waals surface area contributed by atoms with Gasteiger partial charge < -0.3 is 13.6 Å². The SMILES string of the molecule is O=C1CC2SCC(OS(=O)[O-])=CN12. The van der Waals surface area contributed by atoms with Gasteiger partial charge in [0.15, 0.2) is 0 Å². The molecule has 7 heteroatoms. The van der Waals surface area contributed by atoms with Crippen molar-refractivity contribution < 1.29 is 17.7 Å². The maximum atomic E-state index is 11.0. The number of fused-ring (bicyclic) bond motifs is 1. The minimum atomic E-state index is -2.55. The van der Waals surface area contributed by atoms with Crippen molar-refractivity contribution >= 4 is 29.0 Å². The molecule has 0 spiro atoms. The summed E-state index contributed by atoms with van der Waals surface area (Å²) in [4.78, 5) is 12.5. The average Bonchev–Trinajstić information content (AvgIpc) is 2.05. The van der Waals surface area contributed by atoms with E-state index in [-0.39, 0.29) is 11.3 Å². The fourth-order valence-electron chi connectivity index (χ4n) is 1.20. The number of rotatable bonds is 2. The molecule has 2 unspecified atom stereocenters. The summed E-state index contributed by atoms with van der Waals surface area (Å²) in [6.07, 6.45) is 2.00. The first-order chi connectivity index (χ1) is 6.16. The van der Waals surface area contributed by atoms with Crippen molar-refractivity contribution in [1.29, 1.82) is 0 Å². The van der Waals surface area contributed by atoms with Crippen LogP contribution in [0.5, 0.6) is 0 Å². The smallest absolute Gasteiger partial charge is 0.230 e. The molecule has 2 heterocycles. The van der Waals surface area contributed by atoms with Crippen LogP contribution in [0, 0.1) is 0 Å². The maximum absolute atomic E-state index is 11.0. The van der Waals surface area contributed by atoms with E-state index in [1.165, 1.54) is 22.9 Å². The average molecular weight is 220 g/mol. The summed E-state index contributed by atoms with van der Waals surface area (Å²) >= 11 is -1.04. The second-order valence-corrected chi connectivity index (χ2v) is 4.39. The molecule has 0 bridgehead atoms. The van der Waals surface area contributed by atoms with Gasteiger partial charge in [-0.3, -0.25) is 4.79 Å². The molecule has 0 saturated carbocycles. The van der Waals surface area contributed by atoms with E-state index < -0.39 is 11.4 Å². The van der Waals surface area contributed by atoms with Crippen LogP contribution in [-0.4, -0.2) is 30.7 Å². The molecule has 0 aromatic rings. The molecule has 0 N–H and O–H groups in total. The third-order valence-corrected chi connectivity index (χ3v) is 3.40. The van der Waals surface area contributed by atoms with E-state index in [9.17, 15) is 13.6 Å². The summed E-state index contributed by atoms with van der Waals surface area (Å²) in [5.74, 6) is 0.820. The van der Waals surface area contributed by atoms with Gasteiger partial charge in [0.25, 0.3) is 0 Å². The first kappa shape index (κ1) is 9.04. The lowest BCUT2D eigenvalue weighted by molar-refractivity contribution is -0.137. The van der Waals surface area contributed by atoms with Gasteiger partial charge in [-0.15, -0.1) is 11.8 Å². The summed E-state index contributed by atoms with van der Waals surface area (Å²) in [5.41, 5.74) is 0. The highest BCUT2D eigenvalue weighted by Crippen LogP contribution is 2.35. The number of nitrogens with zero attached hydrogens (tertiary/aromatic N) is 1.